The molecule has 7 heavy (non-hydrogen) atoms. The van der Waals surface area contributed by atoms with E-state index in [-0.39, 0.29) is 19.9 Å². The Morgan fingerprint density at radius 2 is 2.29 bits per heavy atom. The van der Waals surface area contributed by atoms with Crippen LogP contribution in [0.3, 0.4) is 0 Å². The van der Waals surface area contributed by atoms with Crippen molar-refractivity contribution in [3.05, 3.63) is 0 Å². The lowest BCUT2D eigenvalue weighted by atomic mass is 10.6. The lowest BCUT2D eigenvalue weighted by Crippen LogP contribution is -2.26. The smallest absolute Gasteiger partial charge is 0.233 e. The second-order valence-corrected chi connectivity index (χ2v) is 0.877. The molecular formula is C4H12N2O. The normalized spacial score (nSPS) is 6.57. The quantitative estimate of drug-likeness (QED) is 0.463. The fourth-order valence-corrected chi connectivity index (χ4v) is 0.102. The lowest BCUT2D eigenvalue weighted by Gasteiger charge is -1.87. The molecule has 0 aromatic rings. The van der Waals surface area contributed by atoms with Crippen molar-refractivity contribution in [2.75, 3.05) is 13.6 Å². The van der Waals surface area contributed by atoms with E-state index in [0.29, 0.717) is 0 Å². The third-order valence-corrected chi connectivity index (χ3v) is 0.464. The molecule has 1 amide bonds. The van der Waals surface area contributed by atoms with Crippen LogP contribution in [0.1, 0.15) is 7.43 Å². The highest BCUT2D eigenvalue weighted by molar-refractivity contribution is 5.77. The summed E-state index contributed by atoms with van der Waals surface area (Å²) >= 11 is 0. The minimum atomic E-state index is -0.130. The van der Waals surface area contributed by atoms with E-state index in [4.69, 9.17) is 5.73 Å². The number of nitrogens with two attached hydrogens (primary N) is 1. The molecule has 0 aliphatic heterocycles. The van der Waals surface area contributed by atoms with Crippen LogP contribution in [0.4, 0.5) is 0 Å². The van der Waals surface area contributed by atoms with Crippen molar-refractivity contribution in [1.82, 2.24) is 5.32 Å². The second kappa shape index (κ2) is 5.43. The van der Waals surface area contributed by atoms with E-state index >= 15 is 0 Å². The third-order valence-electron chi connectivity index (χ3n) is 0.464. The summed E-state index contributed by atoms with van der Waals surface area (Å²) in [6.45, 7) is 0.0799. The molecule has 0 rings (SSSR count). The molecule has 0 aliphatic carbocycles. The van der Waals surface area contributed by atoms with Crippen molar-refractivity contribution in [2.24, 2.45) is 5.73 Å². The maximum absolute atomic E-state index is 9.94. The molecule has 0 aromatic heterocycles. The van der Waals surface area contributed by atoms with Crippen molar-refractivity contribution < 1.29 is 4.79 Å². The first-order valence-electron chi connectivity index (χ1n) is 1.72. The first-order valence-corrected chi connectivity index (χ1v) is 1.72. The Morgan fingerprint density at radius 1 is 1.86 bits per heavy atom. The van der Waals surface area contributed by atoms with Gasteiger partial charge in [0.1, 0.15) is 0 Å². The maximum atomic E-state index is 9.94. The number of nitrogens with one attached hydrogen (secondary N) is 1. The van der Waals surface area contributed by atoms with Gasteiger partial charge in [0.15, 0.2) is 0 Å². The number of hydrogen-bond donors (Lipinski definition) is 2. The van der Waals surface area contributed by atoms with Crippen LogP contribution in [0.15, 0.2) is 0 Å². The predicted octanol–water partition coefficient (Wildman–Crippen LogP) is -0.673. The fraction of sp³-hybridized carbons (Fsp3) is 0.750. The molecule has 0 radical (unpaired) electrons. The highest BCUT2D eigenvalue weighted by Gasteiger charge is 1.84. The van der Waals surface area contributed by atoms with E-state index in [0.717, 1.165) is 0 Å². The van der Waals surface area contributed by atoms with Crippen molar-refractivity contribution in [3.63, 3.8) is 0 Å². The van der Waals surface area contributed by atoms with Crippen LogP contribution in [0.2, 0.25) is 0 Å². The second-order valence-electron chi connectivity index (χ2n) is 0.877. The average Bonchev–Trinajstić information content (AvgIpc) is 1.65. The first-order chi connectivity index (χ1) is 2.81. The highest BCUT2D eigenvalue weighted by atomic mass is 16.1. The minimum absolute atomic E-state index is 0. The monoisotopic (exact) mass is 104 g/mol. The fourth-order valence-electron chi connectivity index (χ4n) is 0.102. The van der Waals surface area contributed by atoms with Gasteiger partial charge in [-0.2, -0.15) is 0 Å². The summed E-state index contributed by atoms with van der Waals surface area (Å²) in [5.41, 5.74) is 4.87. The molecule has 44 valence electrons. The maximum Gasteiger partial charge on any atom is 0.233 e. The Kier molecular flexibility index (Phi) is 7.49. The standard InChI is InChI=1S/C3H8N2O.CH4/c1-5-3(6)2-4;/h2,4H2,1H3,(H,5,6);1H4. The summed E-state index contributed by atoms with van der Waals surface area (Å²) in [6, 6.07) is 0. The molecule has 0 aliphatic rings. The SMILES string of the molecule is C.CNC(=O)CN. The van der Waals surface area contributed by atoms with Crippen LogP contribution < -0.4 is 11.1 Å². The Bertz CT molecular complexity index is 47.7. The Balaban J connectivity index is 0. The number of likely N-dealkylation sites (N-methyl/N-ethyl adjacent to an activating group) is 1. The van der Waals surface area contributed by atoms with Gasteiger partial charge in [-0.25, -0.2) is 0 Å². The number of amides is 1. The zero-order valence-electron chi connectivity index (χ0n) is 3.69. The molecular weight excluding hydrogens is 92.1 g/mol. The van der Waals surface area contributed by atoms with E-state index in [1.165, 1.54) is 0 Å². The van der Waals surface area contributed by atoms with Crippen molar-refractivity contribution in [3.8, 4) is 0 Å². The molecule has 0 bridgehead atoms. The molecule has 0 heterocycles. The molecule has 0 aromatic carbocycles. The van der Waals surface area contributed by atoms with E-state index in [1.54, 1.807) is 7.05 Å². The highest BCUT2D eigenvalue weighted by Crippen LogP contribution is 1.46. The van der Waals surface area contributed by atoms with Crippen LogP contribution in [-0.2, 0) is 4.79 Å². The van der Waals surface area contributed by atoms with Crippen LogP contribution in [0.5, 0.6) is 0 Å². The van der Waals surface area contributed by atoms with E-state index in [9.17, 15) is 4.79 Å². The number of rotatable bonds is 1. The summed E-state index contributed by atoms with van der Waals surface area (Å²) in [5, 5.41) is 2.35. The largest absolute Gasteiger partial charge is 0.358 e. The topological polar surface area (TPSA) is 55.1 Å². The molecule has 3 heteroatoms. The molecule has 0 unspecified atom stereocenters. The van der Waals surface area contributed by atoms with Crippen LogP contribution >= 0.6 is 0 Å². The summed E-state index contributed by atoms with van der Waals surface area (Å²) in [7, 11) is 1.55. The third kappa shape index (κ3) is 5.43. The first kappa shape index (κ1) is 9.66. The van der Waals surface area contributed by atoms with Gasteiger partial charge in [0, 0.05) is 7.05 Å². The van der Waals surface area contributed by atoms with E-state index in [1.807, 2.05) is 0 Å². The van der Waals surface area contributed by atoms with E-state index < -0.39 is 0 Å². The number of hydrogen-bond acceptors (Lipinski definition) is 2. The van der Waals surface area contributed by atoms with Crippen molar-refractivity contribution in [2.45, 2.75) is 7.43 Å². The summed E-state index contributed by atoms with van der Waals surface area (Å²) in [4.78, 5) is 9.94. The molecule has 3 nitrogen and oxygen atoms in total. The lowest BCUT2D eigenvalue weighted by molar-refractivity contribution is -0.119. The van der Waals surface area contributed by atoms with Gasteiger partial charge < -0.3 is 11.1 Å². The molecule has 0 atom stereocenters. The molecule has 0 fully saturated rings. The number of carbonyl (C=O) groups excluding carboxylic acids is 1. The van der Waals surface area contributed by atoms with Crippen LogP contribution in [0.25, 0.3) is 0 Å². The minimum Gasteiger partial charge on any atom is -0.358 e. The van der Waals surface area contributed by atoms with Crippen LogP contribution in [-0.4, -0.2) is 19.5 Å². The van der Waals surface area contributed by atoms with Gasteiger partial charge in [0.25, 0.3) is 0 Å². The van der Waals surface area contributed by atoms with E-state index in [2.05, 4.69) is 5.32 Å². The Morgan fingerprint density at radius 3 is 2.29 bits per heavy atom. The summed E-state index contributed by atoms with van der Waals surface area (Å²) in [6.07, 6.45) is 0. The molecule has 0 saturated carbocycles. The zero-order chi connectivity index (χ0) is 4.99. The predicted molar refractivity (Wildman–Crippen MR) is 29.9 cm³/mol. The van der Waals surface area contributed by atoms with Crippen molar-refractivity contribution >= 4 is 5.91 Å². The number of carbonyl (C=O) groups is 1. The summed E-state index contributed by atoms with van der Waals surface area (Å²) in [5.74, 6) is -0.130. The Hall–Kier alpha value is -0.570. The van der Waals surface area contributed by atoms with Gasteiger partial charge in [0.2, 0.25) is 5.91 Å². The van der Waals surface area contributed by atoms with Gasteiger partial charge in [0.05, 0.1) is 6.54 Å². The van der Waals surface area contributed by atoms with Gasteiger partial charge in [-0.1, -0.05) is 7.43 Å². The van der Waals surface area contributed by atoms with Crippen LogP contribution in [0, 0.1) is 0 Å². The molecule has 0 spiro atoms. The zero-order valence-corrected chi connectivity index (χ0v) is 3.69. The molecule has 3 N–H and O–H groups in total. The summed E-state index contributed by atoms with van der Waals surface area (Å²) < 4.78 is 0. The Labute approximate surface area is 43.9 Å². The molecule has 0 saturated heterocycles. The van der Waals surface area contributed by atoms with Gasteiger partial charge >= 0.3 is 0 Å². The van der Waals surface area contributed by atoms with Gasteiger partial charge in [-0.05, 0) is 0 Å². The van der Waals surface area contributed by atoms with Crippen molar-refractivity contribution in [1.29, 1.82) is 0 Å². The van der Waals surface area contributed by atoms with Gasteiger partial charge in [-0.15, -0.1) is 0 Å². The average molecular weight is 104 g/mol. The van der Waals surface area contributed by atoms with Gasteiger partial charge in [-0.3, -0.25) is 4.79 Å².